The standard InChI is InChI=1S/C9H11F2N/c10-9(11)6-5-7-3-1-2-4-8(7)12/h1-4,9H,5-6,12H2. The minimum Gasteiger partial charge on any atom is -0.399 e. The van der Waals surface area contributed by atoms with E-state index in [1.54, 1.807) is 24.3 Å². The van der Waals surface area contributed by atoms with E-state index in [-0.39, 0.29) is 6.42 Å². The van der Waals surface area contributed by atoms with Gasteiger partial charge in [-0.3, -0.25) is 0 Å². The molecule has 0 aliphatic rings. The average molecular weight is 171 g/mol. The highest BCUT2D eigenvalue weighted by molar-refractivity contribution is 5.46. The summed E-state index contributed by atoms with van der Waals surface area (Å²) in [7, 11) is 0. The van der Waals surface area contributed by atoms with Crippen LogP contribution in [-0.4, -0.2) is 6.43 Å². The van der Waals surface area contributed by atoms with E-state index in [0.29, 0.717) is 12.1 Å². The van der Waals surface area contributed by atoms with Gasteiger partial charge in [-0.05, 0) is 18.1 Å². The molecule has 0 unspecified atom stereocenters. The lowest BCUT2D eigenvalue weighted by atomic mass is 10.1. The summed E-state index contributed by atoms with van der Waals surface area (Å²) in [6, 6.07) is 7.09. The van der Waals surface area contributed by atoms with Crippen LogP contribution >= 0.6 is 0 Å². The third-order valence-corrected chi connectivity index (χ3v) is 1.69. The van der Waals surface area contributed by atoms with Crippen molar-refractivity contribution < 1.29 is 8.78 Å². The summed E-state index contributed by atoms with van der Waals surface area (Å²) in [6.45, 7) is 0. The van der Waals surface area contributed by atoms with Gasteiger partial charge in [0.1, 0.15) is 0 Å². The summed E-state index contributed by atoms with van der Waals surface area (Å²) in [5, 5.41) is 0. The number of halogens is 2. The Balaban J connectivity index is 2.57. The van der Waals surface area contributed by atoms with Crippen LogP contribution in [0.15, 0.2) is 24.3 Å². The minimum absolute atomic E-state index is 0.117. The van der Waals surface area contributed by atoms with Crippen LogP contribution in [0.5, 0.6) is 0 Å². The van der Waals surface area contributed by atoms with Gasteiger partial charge in [-0.2, -0.15) is 0 Å². The number of aryl methyl sites for hydroxylation is 1. The fourth-order valence-electron chi connectivity index (χ4n) is 1.03. The van der Waals surface area contributed by atoms with Crippen molar-refractivity contribution in [1.29, 1.82) is 0 Å². The van der Waals surface area contributed by atoms with Crippen molar-refractivity contribution >= 4 is 5.69 Å². The van der Waals surface area contributed by atoms with E-state index in [2.05, 4.69) is 0 Å². The monoisotopic (exact) mass is 171 g/mol. The zero-order valence-electron chi connectivity index (χ0n) is 6.63. The second kappa shape index (κ2) is 4.04. The van der Waals surface area contributed by atoms with Crippen molar-refractivity contribution in [3.05, 3.63) is 29.8 Å². The molecule has 3 heteroatoms. The lowest BCUT2D eigenvalue weighted by Crippen LogP contribution is -1.98. The van der Waals surface area contributed by atoms with Crippen LogP contribution < -0.4 is 5.73 Å². The summed E-state index contributed by atoms with van der Waals surface area (Å²) in [5.41, 5.74) is 6.96. The highest BCUT2D eigenvalue weighted by Gasteiger charge is 2.04. The number of anilines is 1. The molecule has 0 aromatic heterocycles. The van der Waals surface area contributed by atoms with Crippen LogP contribution in [0.1, 0.15) is 12.0 Å². The summed E-state index contributed by atoms with van der Waals surface area (Å²) in [6.07, 6.45) is -2.01. The van der Waals surface area contributed by atoms with E-state index in [1.165, 1.54) is 0 Å². The van der Waals surface area contributed by atoms with Crippen molar-refractivity contribution in [3.63, 3.8) is 0 Å². The van der Waals surface area contributed by atoms with Crippen LogP contribution in [0, 0.1) is 0 Å². The van der Waals surface area contributed by atoms with Gasteiger partial charge in [0, 0.05) is 12.1 Å². The van der Waals surface area contributed by atoms with Gasteiger partial charge in [0.15, 0.2) is 0 Å². The first-order valence-corrected chi connectivity index (χ1v) is 3.81. The molecule has 0 spiro atoms. The van der Waals surface area contributed by atoms with Gasteiger partial charge in [0.2, 0.25) is 6.43 Å². The lowest BCUT2D eigenvalue weighted by molar-refractivity contribution is 0.138. The Morgan fingerprint density at radius 2 is 1.92 bits per heavy atom. The van der Waals surface area contributed by atoms with Crippen LogP contribution in [0.3, 0.4) is 0 Å². The minimum atomic E-state index is -2.25. The Hall–Kier alpha value is -1.12. The molecule has 0 aliphatic carbocycles. The first-order chi connectivity index (χ1) is 5.70. The van der Waals surface area contributed by atoms with Crippen LogP contribution in [0.4, 0.5) is 14.5 Å². The summed E-state index contributed by atoms with van der Waals surface area (Å²) < 4.78 is 23.6. The van der Waals surface area contributed by atoms with E-state index in [0.717, 1.165) is 5.56 Å². The Kier molecular flexibility index (Phi) is 3.02. The Morgan fingerprint density at radius 3 is 2.50 bits per heavy atom. The largest absolute Gasteiger partial charge is 0.399 e. The van der Waals surface area contributed by atoms with E-state index >= 15 is 0 Å². The van der Waals surface area contributed by atoms with Gasteiger partial charge in [-0.1, -0.05) is 18.2 Å². The molecule has 12 heavy (non-hydrogen) atoms. The van der Waals surface area contributed by atoms with E-state index < -0.39 is 6.43 Å². The maximum absolute atomic E-state index is 11.8. The highest BCUT2D eigenvalue weighted by atomic mass is 19.3. The van der Waals surface area contributed by atoms with Crippen LogP contribution in [0.2, 0.25) is 0 Å². The van der Waals surface area contributed by atoms with E-state index in [4.69, 9.17) is 5.73 Å². The molecule has 2 N–H and O–H groups in total. The number of para-hydroxylation sites is 1. The molecule has 1 rings (SSSR count). The number of benzene rings is 1. The number of alkyl halides is 2. The zero-order valence-corrected chi connectivity index (χ0v) is 6.63. The summed E-state index contributed by atoms with van der Waals surface area (Å²) in [4.78, 5) is 0. The van der Waals surface area contributed by atoms with Crippen LogP contribution in [0.25, 0.3) is 0 Å². The number of rotatable bonds is 3. The fourth-order valence-corrected chi connectivity index (χ4v) is 1.03. The molecular weight excluding hydrogens is 160 g/mol. The van der Waals surface area contributed by atoms with Gasteiger partial charge in [-0.15, -0.1) is 0 Å². The first kappa shape index (κ1) is 8.97. The number of nitrogen functional groups attached to an aromatic ring is 1. The lowest BCUT2D eigenvalue weighted by Gasteiger charge is -2.03. The normalized spacial score (nSPS) is 10.6. The Labute approximate surface area is 70.2 Å². The zero-order chi connectivity index (χ0) is 8.97. The second-order valence-electron chi connectivity index (χ2n) is 2.63. The quantitative estimate of drug-likeness (QED) is 0.694. The van der Waals surface area contributed by atoms with E-state index in [9.17, 15) is 8.78 Å². The topological polar surface area (TPSA) is 26.0 Å². The van der Waals surface area contributed by atoms with Gasteiger partial charge in [0.25, 0.3) is 0 Å². The molecule has 0 radical (unpaired) electrons. The average Bonchev–Trinajstić information content (AvgIpc) is 2.03. The van der Waals surface area contributed by atoms with Crippen molar-refractivity contribution in [1.82, 2.24) is 0 Å². The van der Waals surface area contributed by atoms with Gasteiger partial charge >= 0.3 is 0 Å². The molecule has 1 aromatic carbocycles. The van der Waals surface area contributed by atoms with Crippen molar-refractivity contribution in [2.45, 2.75) is 19.3 Å². The first-order valence-electron chi connectivity index (χ1n) is 3.81. The third-order valence-electron chi connectivity index (χ3n) is 1.69. The second-order valence-corrected chi connectivity index (χ2v) is 2.63. The van der Waals surface area contributed by atoms with Gasteiger partial charge < -0.3 is 5.73 Å². The maximum atomic E-state index is 11.8. The smallest absolute Gasteiger partial charge is 0.239 e. The molecule has 0 saturated carbocycles. The molecule has 0 heterocycles. The molecule has 1 nitrogen and oxygen atoms in total. The maximum Gasteiger partial charge on any atom is 0.239 e. The van der Waals surface area contributed by atoms with E-state index in [1.807, 2.05) is 0 Å². The molecule has 1 aromatic rings. The Bertz CT molecular complexity index is 248. The predicted molar refractivity (Wildman–Crippen MR) is 45.2 cm³/mol. The molecule has 0 bridgehead atoms. The molecular formula is C9H11F2N. The summed E-state index contributed by atoms with van der Waals surface area (Å²) in [5.74, 6) is 0. The van der Waals surface area contributed by atoms with Crippen LogP contribution in [-0.2, 0) is 6.42 Å². The van der Waals surface area contributed by atoms with Crippen molar-refractivity contribution in [2.75, 3.05) is 5.73 Å². The third kappa shape index (κ3) is 2.49. The van der Waals surface area contributed by atoms with Gasteiger partial charge in [0.05, 0.1) is 0 Å². The predicted octanol–water partition coefficient (Wildman–Crippen LogP) is 2.47. The number of nitrogens with two attached hydrogens (primary N) is 1. The summed E-state index contributed by atoms with van der Waals surface area (Å²) >= 11 is 0. The molecule has 66 valence electrons. The number of hydrogen-bond acceptors (Lipinski definition) is 1. The fraction of sp³-hybridized carbons (Fsp3) is 0.333. The molecule has 0 fully saturated rings. The molecule has 0 saturated heterocycles. The SMILES string of the molecule is Nc1ccccc1CCC(F)F. The molecule has 0 aliphatic heterocycles. The highest BCUT2D eigenvalue weighted by Crippen LogP contribution is 2.14. The molecule has 0 atom stereocenters. The van der Waals surface area contributed by atoms with Crippen molar-refractivity contribution in [3.8, 4) is 0 Å². The van der Waals surface area contributed by atoms with Gasteiger partial charge in [-0.25, -0.2) is 8.78 Å². The Morgan fingerprint density at radius 1 is 1.25 bits per heavy atom. The van der Waals surface area contributed by atoms with Crippen molar-refractivity contribution in [2.24, 2.45) is 0 Å². The number of hydrogen-bond donors (Lipinski definition) is 1. The molecule has 0 amide bonds.